The number of carbonyl (C=O) groups is 5. The molecule has 7 heteroatoms. The Morgan fingerprint density at radius 2 is 1.49 bits per heavy atom. The van der Waals surface area contributed by atoms with Gasteiger partial charge < -0.3 is 5.11 Å². The van der Waals surface area contributed by atoms with Crippen molar-refractivity contribution >= 4 is 34.9 Å². The fourth-order valence-corrected chi connectivity index (χ4v) is 7.22. The number of Topliss-reactive ketones (excluding diaryl/α,β-unsaturated/α-hetero) is 1. The Labute approximate surface area is 247 Å². The van der Waals surface area contributed by atoms with Gasteiger partial charge in [0, 0.05) is 39.3 Å². The molecule has 0 bridgehead atoms. The zero-order chi connectivity index (χ0) is 30.0. The maximum absolute atomic E-state index is 14.1. The number of benzene rings is 3. The van der Waals surface area contributed by atoms with E-state index in [0.29, 0.717) is 45.5 Å². The van der Waals surface area contributed by atoms with Crippen LogP contribution in [-0.2, 0) is 19.2 Å². The molecule has 7 nitrogen and oxygen atoms in total. The van der Waals surface area contributed by atoms with E-state index in [0.717, 1.165) is 5.57 Å². The first-order chi connectivity index (χ1) is 20.8. The number of nitrogens with zero attached hydrogens (tertiary/aromatic N) is 1. The van der Waals surface area contributed by atoms with Crippen molar-refractivity contribution in [2.24, 2.45) is 17.8 Å². The molecule has 0 aromatic heterocycles. The first kappa shape index (κ1) is 26.7. The molecule has 4 aliphatic rings. The van der Waals surface area contributed by atoms with Crippen LogP contribution in [0.1, 0.15) is 47.2 Å². The smallest absolute Gasteiger partial charge is 0.238 e. The highest BCUT2D eigenvalue weighted by atomic mass is 16.3. The van der Waals surface area contributed by atoms with Gasteiger partial charge in [-0.25, -0.2) is 0 Å². The number of allylic oxidation sites excluding steroid dienone is 6. The number of fused-ring (bicyclic) bond motifs is 3. The van der Waals surface area contributed by atoms with Gasteiger partial charge >= 0.3 is 0 Å². The standard InChI is InChI=1S/C36H27NO6/c1-19-17-29(39)27-18-26-23(30(32(27)33(19)40)24-9-5-6-10-28(24)38)15-16-25-31(26)36(43)37(35(25)42)22-13-11-21(12-14-22)34(41)20-7-3-2-4-8-20/h2-15,17,25-26,30-31,38H,16,18H2,1H3. The van der Waals surface area contributed by atoms with Crippen LogP contribution in [0.25, 0.3) is 0 Å². The Kier molecular flexibility index (Phi) is 6.20. The van der Waals surface area contributed by atoms with Crippen LogP contribution >= 0.6 is 0 Å². The molecule has 2 amide bonds. The second-order valence-corrected chi connectivity index (χ2v) is 11.5. The molecule has 3 aromatic carbocycles. The molecule has 1 aliphatic heterocycles. The van der Waals surface area contributed by atoms with E-state index >= 15 is 0 Å². The van der Waals surface area contributed by atoms with Crippen LogP contribution in [-0.4, -0.2) is 34.3 Å². The maximum Gasteiger partial charge on any atom is 0.238 e. The molecule has 212 valence electrons. The normalized spacial score (nSPS) is 24.7. The summed E-state index contributed by atoms with van der Waals surface area (Å²) in [6.07, 6.45) is 3.72. The van der Waals surface area contributed by atoms with Crippen molar-refractivity contribution in [2.75, 3.05) is 4.90 Å². The summed E-state index contributed by atoms with van der Waals surface area (Å²) < 4.78 is 0. The quantitative estimate of drug-likeness (QED) is 0.199. The Morgan fingerprint density at radius 1 is 0.814 bits per heavy atom. The largest absolute Gasteiger partial charge is 0.508 e. The van der Waals surface area contributed by atoms with Crippen LogP contribution in [0.5, 0.6) is 5.75 Å². The molecule has 1 fully saturated rings. The molecule has 0 spiro atoms. The van der Waals surface area contributed by atoms with E-state index < -0.39 is 23.7 Å². The molecule has 1 heterocycles. The molecule has 43 heavy (non-hydrogen) atoms. The van der Waals surface area contributed by atoms with E-state index in [9.17, 15) is 29.1 Å². The highest BCUT2D eigenvalue weighted by Crippen LogP contribution is 2.56. The Hall–Kier alpha value is -5.17. The second-order valence-electron chi connectivity index (χ2n) is 11.5. The van der Waals surface area contributed by atoms with Gasteiger partial charge in [0.25, 0.3) is 0 Å². The first-order valence-corrected chi connectivity index (χ1v) is 14.3. The summed E-state index contributed by atoms with van der Waals surface area (Å²) in [5.74, 6) is -3.92. The van der Waals surface area contributed by atoms with Crippen molar-refractivity contribution in [2.45, 2.75) is 25.7 Å². The number of para-hydroxylation sites is 1. The Morgan fingerprint density at radius 3 is 2.21 bits per heavy atom. The topological polar surface area (TPSA) is 109 Å². The van der Waals surface area contributed by atoms with Gasteiger partial charge in [0.05, 0.1) is 17.5 Å². The molecule has 1 saturated heterocycles. The molecule has 3 aliphatic carbocycles. The predicted molar refractivity (Wildman–Crippen MR) is 158 cm³/mol. The van der Waals surface area contributed by atoms with E-state index in [-0.39, 0.29) is 41.3 Å². The van der Waals surface area contributed by atoms with E-state index in [2.05, 4.69) is 0 Å². The van der Waals surface area contributed by atoms with E-state index in [1.54, 1.807) is 79.7 Å². The third kappa shape index (κ3) is 4.07. The summed E-state index contributed by atoms with van der Waals surface area (Å²) in [6, 6.07) is 22.1. The van der Waals surface area contributed by atoms with Gasteiger partial charge in [0.1, 0.15) is 5.75 Å². The summed E-state index contributed by atoms with van der Waals surface area (Å²) in [7, 11) is 0. The number of imide groups is 1. The maximum atomic E-state index is 14.1. The number of hydrogen-bond acceptors (Lipinski definition) is 6. The van der Waals surface area contributed by atoms with Gasteiger partial charge in [-0.15, -0.1) is 0 Å². The molecule has 7 rings (SSSR count). The third-order valence-corrected chi connectivity index (χ3v) is 9.24. The molecule has 4 atom stereocenters. The number of ketones is 3. The minimum absolute atomic E-state index is 0.00364. The molecule has 4 unspecified atom stereocenters. The molecule has 0 radical (unpaired) electrons. The van der Waals surface area contributed by atoms with Crippen LogP contribution in [0.2, 0.25) is 0 Å². The number of carbonyl (C=O) groups excluding carboxylic acids is 5. The highest BCUT2D eigenvalue weighted by Gasteiger charge is 2.56. The van der Waals surface area contributed by atoms with Crippen molar-refractivity contribution < 1.29 is 29.1 Å². The minimum Gasteiger partial charge on any atom is -0.508 e. The van der Waals surface area contributed by atoms with Crippen LogP contribution in [0.3, 0.4) is 0 Å². The lowest BCUT2D eigenvalue weighted by Crippen LogP contribution is -2.39. The van der Waals surface area contributed by atoms with Gasteiger partial charge in [-0.2, -0.15) is 0 Å². The lowest BCUT2D eigenvalue weighted by Gasteiger charge is -2.42. The monoisotopic (exact) mass is 569 g/mol. The van der Waals surface area contributed by atoms with Gasteiger partial charge in [0.2, 0.25) is 11.8 Å². The number of rotatable bonds is 4. The highest BCUT2D eigenvalue weighted by molar-refractivity contribution is 6.25. The number of aromatic hydroxyl groups is 1. The average Bonchev–Trinajstić information content (AvgIpc) is 3.28. The molecule has 3 aromatic rings. The van der Waals surface area contributed by atoms with Crippen molar-refractivity contribution in [1.29, 1.82) is 0 Å². The van der Waals surface area contributed by atoms with Gasteiger partial charge in [-0.3, -0.25) is 28.9 Å². The zero-order valence-electron chi connectivity index (χ0n) is 23.3. The summed E-state index contributed by atoms with van der Waals surface area (Å²) in [6.45, 7) is 1.61. The van der Waals surface area contributed by atoms with Crippen LogP contribution in [0.4, 0.5) is 5.69 Å². The Bertz CT molecular complexity index is 1850. The lowest BCUT2D eigenvalue weighted by atomic mass is 9.59. The molecular formula is C36H27NO6. The van der Waals surface area contributed by atoms with Crippen molar-refractivity contribution in [3.8, 4) is 5.75 Å². The van der Waals surface area contributed by atoms with Crippen LogP contribution < -0.4 is 4.90 Å². The van der Waals surface area contributed by atoms with Crippen molar-refractivity contribution in [3.63, 3.8) is 0 Å². The van der Waals surface area contributed by atoms with Crippen molar-refractivity contribution in [1.82, 2.24) is 0 Å². The summed E-state index contributed by atoms with van der Waals surface area (Å²) >= 11 is 0. The summed E-state index contributed by atoms with van der Waals surface area (Å²) in [5.41, 5.74) is 3.66. The second kappa shape index (κ2) is 9.98. The lowest BCUT2D eigenvalue weighted by molar-refractivity contribution is -0.123. The van der Waals surface area contributed by atoms with E-state index in [1.165, 1.54) is 11.0 Å². The number of hydrogen-bond donors (Lipinski definition) is 1. The van der Waals surface area contributed by atoms with Gasteiger partial charge in [-0.05, 0) is 62.1 Å². The van der Waals surface area contributed by atoms with Gasteiger partial charge in [-0.1, -0.05) is 60.2 Å². The Balaban J connectivity index is 1.26. The van der Waals surface area contributed by atoms with Crippen LogP contribution in [0.15, 0.2) is 113 Å². The zero-order valence-corrected chi connectivity index (χ0v) is 23.3. The SMILES string of the molecule is CC1=CC(=O)C2=C(C1=O)C(c1ccccc1O)C1=CCC3C(=O)N(c4ccc(C(=O)c5ccccc5)cc4)C(=O)C3C1C2. The molecule has 0 saturated carbocycles. The summed E-state index contributed by atoms with van der Waals surface area (Å²) in [4.78, 5) is 68.7. The van der Waals surface area contributed by atoms with E-state index in [4.69, 9.17) is 0 Å². The first-order valence-electron chi connectivity index (χ1n) is 14.3. The number of anilines is 1. The molecule has 1 N–H and O–H groups in total. The molecular weight excluding hydrogens is 542 g/mol. The number of phenolic OH excluding ortho intramolecular Hbond substituents is 1. The number of amides is 2. The third-order valence-electron chi connectivity index (χ3n) is 9.24. The average molecular weight is 570 g/mol. The van der Waals surface area contributed by atoms with Gasteiger partial charge in [0.15, 0.2) is 17.3 Å². The predicted octanol–water partition coefficient (Wildman–Crippen LogP) is 5.26. The van der Waals surface area contributed by atoms with Crippen molar-refractivity contribution in [3.05, 3.63) is 130 Å². The minimum atomic E-state index is -0.726. The summed E-state index contributed by atoms with van der Waals surface area (Å²) in [5, 5.41) is 10.9. The fourth-order valence-electron chi connectivity index (χ4n) is 7.22. The van der Waals surface area contributed by atoms with E-state index in [1.807, 2.05) is 12.1 Å². The number of phenols is 1. The van der Waals surface area contributed by atoms with Crippen LogP contribution in [0, 0.1) is 17.8 Å². The fraction of sp³-hybridized carbons (Fsp3) is 0.194.